The zero-order chi connectivity index (χ0) is 20.7. The highest BCUT2D eigenvalue weighted by Crippen LogP contribution is 2.32. The monoisotopic (exact) mass is 383 g/mol. The van der Waals surface area contributed by atoms with Crippen LogP contribution in [0.5, 0.6) is 0 Å². The van der Waals surface area contributed by atoms with Gasteiger partial charge in [0.2, 0.25) is 0 Å². The summed E-state index contributed by atoms with van der Waals surface area (Å²) in [6, 6.07) is 17.9. The van der Waals surface area contributed by atoms with Crippen LogP contribution in [0, 0.1) is 5.41 Å². The Morgan fingerprint density at radius 1 is 1.04 bits per heavy atom. The molecule has 4 nitrogen and oxygen atoms in total. The van der Waals surface area contributed by atoms with Crippen LogP contribution in [-0.2, 0) is 9.53 Å². The average molecular weight is 384 g/mol. The van der Waals surface area contributed by atoms with Crippen molar-refractivity contribution in [1.82, 2.24) is 4.57 Å². The van der Waals surface area contributed by atoms with Gasteiger partial charge in [0.25, 0.3) is 0 Å². The second-order valence-electron chi connectivity index (χ2n) is 7.76. The molecule has 152 valence electrons. The van der Waals surface area contributed by atoms with Gasteiger partial charge in [-0.05, 0) is 45.7 Å². The molecule has 3 rings (SSSR count). The van der Waals surface area contributed by atoms with E-state index in [-0.39, 0.29) is 19.2 Å². The lowest BCUT2D eigenvalue weighted by Crippen LogP contribution is -2.26. The lowest BCUT2D eigenvalue weighted by atomic mass is 9.91. The van der Waals surface area contributed by atoms with Crippen molar-refractivity contribution in [3.05, 3.63) is 48.5 Å². The second-order valence-corrected chi connectivity index (χ2v) is 7.76. The summed E-state index contributed by atoms with van der Waals surface area (Å²) < 4.78 is 7.22. The number of aromatic nitrogens is 1. The molecule has 0 saturated carbocycles. The number of hydrogen-bond acceptors (Lipinski definition) is 3. The summed E-state index contributed by atoms with van der Waals surface area (Å²) in [6.07, 6.45) is 1.90. The fourth-order valence-electron chi connectivity index (χ4n) is 3.09. The molecule has 1 aromatic heterocycles. The summed E-state index contributed by atoms with van der Waals surface area (Å²) in [6.45, 7) is 10.1. The van der Waals surface area contributed by atoms with Crippen molar-refractivity contribution in [2.75, 3.05) is 13.2 Å². The zero-order valence-electron chi connectivity index (χ0n) is 17.7. The van der Waals surface area contributed by atoms with Gasteiger partial charge >= 0.3 is 5.97 Å². The maximum atomic E-state index is 11.1. The maximum absolute atomic E-state index is 11.1. The number of carbonyl (C=O) groups excluding carboxylic acids is 1. The largest absolute Gasteiger partial charge is 0.463 e. The first-order valence-corrected chi connectivity index (χ1v) is 10.1. The number of nitrogens with zero attached hydrogens (tertiary/aromatic N) is 1. The molecule has 0 amide bonds. The third kappa shape index (κ3) is 4.74. The minimum absolute atomic E-state index is 0.0995. The number of carbonyl (C=O) groups is 1. The molecule has 3 aromatic rings. The summed E-state index contributed by atoms with van der Waals surface area (Å²) in [5.74, 6) is -0.242. The van der Waals surface area contributed by atoms with Crippen LogP contribution in [0.3, 0.4) is 0 Å². The Balaban J connectivity index is 0.000000224. The van der Waals surface area contributed by atoms with Gasteiger partial charge in [0.1, 0.15) is 6.61 Å². The van der Waals surface area contributed by atoms with Crippen molar-refractivity contribution in [2.45, 2.75) is 53.5 Å². The van der Waals surface area contributed by atoms with Gasteiger partial charge < -0.3 is 14.4 Å². The van der Waals surface area contributed by atoms with E-state index in [0.29, 0.717) is 6.04 Å². The van der Waals surface area contributed by atoms with E-state index in [1.807, 2.05) is 20.8 Å². The molecule has 0 spiro atoms. The molecule has 0 fully saturated rings. The number of aliphatic hydroxyl groups excluding tert-OH is 1. The fourth-order valence-corrected chi connectivity index (χ4v) is 3.09. The summed E-state index contributed by atoms with van der Waals surface area (Å²) in [7, 11) is 0. The number of benzene rings is 2. The van der Waals surface area contributed by atoms with E-state index in [0.717, 1.165) is 12.8 Å². The molecular formula is C24H33NO3. The van der Waals surface area contributed by atoms with Crippen LogP contribution < -0.4 is 0 Å². The molecule has 1 unspecified atom stereocenters. The molecule has 0 saturated heterocycles. The molecule has 0 bridgehead atoms. The molecule has 1 atom stereocenters. The molecule has 0 aliphatic heterocycles. The van der Waals surface area contributed by atoms with Gasteiger partial charge in [-0.15, -0.1) is 0 Å². The van der Waals surface area contributed by atoms with Gasteiger partial charge in [-0.2, -0.15) is 0 Å². The predicted molar refractivity (Wildman–Crippen MR) is 117 cm³/mol. The lowest BCUT2D eigenvalue weighted by molar-refractivity contribution is -0.155. The highest BCUT2D eigenvalue weighted by atomic mass is 16.5. The summed E-state index contributed by atoms with van der Waals surface area (Å²) in [5, 5.41) is 11.1. The van der Waals surface area contributed by atoms with Crippen molar-refractivity contribution >= 4 is 27.8 Å². The van der Waals surface area contributed by atoms with Crippen molar-refractivity contribution in [3.63, 3.8) is 0 Å². The normalized spacial score (nSPS) is 12.5. The van der Waals surface area contributed by atoms with Crippen LogP contribution in [0.2, 0.25) is 0 Å². The van der Waals surface area contributed by atoms with Crippen molar-refractivity contribution < 1.29 is 14.6 Å². The topological polar surface area (TPSA) is 51.5 Å². The minimum atomic E-state index is -0.421. The van der Waals surface area contributed by atoms with Crippen LogP contribution in [0.1, 0.15) is 53.5 Å². The van der Waals surface area contributed by atoms with Crippen LogP contribution >= 0.6 is 0 Å². The number of para-hydroxylation sites is 2. The third-order valence-corrected chi connectivity index (χ3v) is 5.41. The van der Waals surface area contributed by atoms with Gasteiger partial charge in [0.15, 0.2) is 0 Å². The summed E-state index contributed by atoms with van der Waals surface area (Å²) >= 11 is 0. The molecule has 0 aliphatic carbocycles. The van der Waals surface area contributed by atoms with Crippen LogP contribution in [0.15, 0.2) is 48.5 Å². The van der Waals surface area contributed by atoms with Gasteiger partial charge in [0.05, 0.1) is 12.0 Å². The first-order chi connectivity index (χ1) is 13.4. The maximum Gasteiger partial charge on any atom is 0.311 e. The quantitative estimate of drug-likeness (QED) is 0.554. The molecule has 1 N–H and O–H groups in total. The Morgan fingerprint density at radius 2 is 1.54 bits per heavy atom. The van der Waals surface area contributed by atoms with Crippen LogP contribution in [0.4, 0.5) is 0 Å². The molecule has 1 heterocycles. The van der Waals surface area contributed by atoms with Gasteiger partial charge in [-0.1, -0.05) is 50.2 Å². The van der Waals surface area contributed by atoms with Crippen molar-refractivity contribution in [3.8, 4) is 0 Å². The standard InChI is InChI=1S/C16H17N.C8H16O3/c1-3-12(2)17-15-10-6-4-8-13(15)14-9-5-7-11-16(14)17;1-4-8(2,3)7(10)11-6-5-9/h4-12H,3H2,1-2H3;9H,4-6H2,1-3H3. The van der Waals surface area contributed by atoms with Gasteiger partial charge in [-0.25, -0.2) is 0 Å². The molecule has 4 heteroatoms. The van der Waals surface area contributed by atoms with E-state index in [2.05, 4.69) is 66.9 Å². The first-order valence-electron chi connectivity index (χ1n) is 10.1. The van der Waals surface area contributed by atoms with E-state index in [1.165, 1.54) is 21.8 Å². The van der Waals surface area contributed by atoms with Crippen LogP contribution in [0.25, 0.3) is 21.8 Å². The highest BCUT2D eigenvalue weighted by Gasteiger charge is 2.26. The SMILES string of the molecule is CCC(C)(C)C(=O)OCCO.CCC(C)n1c2ccccc2c2ccccc21. The third-order valence-electron chi connectivity index (χ3n) is 5.41. The molecule has 0 radical (unpaired) electrons. The number of aliphatic hydroxyl groups is 1. The number of ether oxygens (including phenoxy) is 1. The first kappa shape index (κ1) is 22.0. The number of hydrogen-bond donors (Lipinski definition) is 1. The smallest absolute Gasteiger partial charge is 0.311 e. The molecular weight excluding hydrogens is 350 g/mol. The molecule has 28 heavy (non-hydrogen) atoms. The van der Waals surface area contributed by atoms with Crippen LogP contribution in [-0.4, -0.2) is 28.9 Å². The minimum Gasteiger partial charge on any atom is -0.463 e. The summed E-state index contributed by atoms with van der Waals surface area (Å²) in [4.78, 5) is 11.1. The fraction of sp³-hybridized carbons (Fsp3) is 0.458. The second kappa shape index (κ2) is 9.74. The average Bonchev–Trinajstić information content (AvgIpc) is 3.06. The zero-order valence-corrected chi connectivity index (χ0v) is 17.7. The number of rotatable bonds is 6. The summed E-state index contributed by atoms with van der Waals surface area (Å²) in [5.41, 5.74) is 2.28. The number of fused-ring (bicyclic) bond motifs is 3. The van der Waals surface area contributed by atoms with Crippen molar-refractivity contribution in [2.24, 2.45) is 5.41 Å². The Morgan fingerprint density at radius 3 is 1.96 bits per heavy atom. The Kier molecular flexibility index (Phi) is 7.64. The van der Waals surface area contributed by atoms with Gasteiger partial charge in [-0.3, -0.25) is 4.79 Å². The van der Waals surface area contributed by atoms with E-state index < -0.39 is 5.41 Å². The van der Waals surface area contributed by atoms with E-state index in [9.17, 15) is 4.79 Å². The molecule has 2 aromatic carbocycles. The Bertz CT molecular complexity index is 857. The van der Waals surface area contributed by atoms with Crippen molar-refractivity contribution in [1.29, 1.82) is 0 Å². The Hall–Kier alpha value is -2.33. The van der Waals surface area contributed by atoms with E-state index in [1.54, 1.807) is 0 Å². The molecule has 0 aliphatic rings. The lowest BCUT2D eigenvalue weighted by Gasteiger charge is -2.19. The van der Waals surface area contributed by atoms with E-state index >= 15 is 0 Å². The highest BCUT2D eigenvalue weighted by molar-refractivity contribution is 6.08. The Labute approximate surface area is 168 Å². The van der Waals surface area contributed by atoms with Gasteiger partial charge in [0, 0.05) is 27.8 Å². The predicted octanol–water partition coefficient (Wildman–Crippen LogP) is 5.72. The number of esters is 1. The van der Waals surface area contributed by atoms with E-state index in [4.69, 9.17) is 9.84 Å².